The van der Waals surface area contributed by atoms with E-state index in [-0.39, 0.29) is 11.4 Å². The molecule has 0 spiro atoms. The van der Waals surface area contributed by atoms with Gasteiger partial charge in [0.2, 0.25) is 0 Å². The predicted molar refractivity (Wildman–Crippen MR) is 114 cm³/mol. The summed E-state index contributed by atoms with van der Waals surface area (Å²) in [4.78, 5) is 55.8. The summed E-state index contributed by atoms with van der Waals surface area (Å²) in [5, 5.41) is 0. The largest absolute Gasteiger partial charge is 0.363 e. The van der Waals surface area contributed by atoms with Crippen molar-refractivity contribution in [3.8, 4) is 0 Å². The van der Waals surface area contributed by atoms with Gasteiger partial charge in [0.1, 0.15) is 0 Å². The Morgan fingerprint density at radius 3 is 1.87 bits per heavy atom. The van der Waals surface area contributed by atoms with Crippen LogP contribution in [0, 0.1) is 5.92 Å². The predicted octanol–water partition coefficient (Wildman–Crippen LogP) is 5.35. The second-order valence-electron chi connectivity index (χ2n) is 7.91. The van der Waals surface area contributed by atoms with Gasteiger partial charge in [0.05, 0.1) is 5.92 Å². The van der Waals surface area contributed by atoms with Crippen molar-refractivity contribution >= 4 is 23.5 Å². The molecule has 1 aliphatic carbocycles. The Balaban J connectivity index is 2.33. The van der Waals surface area contributed by atoms with E-state index in [1.54, 1.807) is 0 Å². The summed E-state index contributed by atoms with van der Waals surface area (Å²) >= 11 is 0. The summed E-state index contributed by atoms with van der Waals surface area (Å²) in [6.07, 6.45) is 18.1. The van der Waals surface area contributed by atoms with Crippen molar-refractivity contribution in [3.63, 3.8) is 0 Å². The molecule has 30 heavy (non-hydrogen) atoms. The van der Waals surface area contributed by atoms with E-state index < -0.39 is 23.6 Å². The highest BCUT2D eigenvalue weighted by Crippen LogP contribution is 2.24. The third-order valence-electron chi connectivity index (χ3n) is 5.23. The van der Waals surface area contributed by atoms with Crippen molar-refractivity contribution in [1.82, 2.24) is 0 Å². The van der Waals surface area contributed by atoms with Crippen LogP contribution in [0.25, 0.3) is 0 Å². The Kier molecular flexibility index (Phi) is 13.4. The van der Waals surface area contributed by atoms with Gasteiger partial charge in [-0.1, -0.05) is 84.0 Å². The van der Waals surface area contributed by atoms with Crippen molar-refractivity contribution in [1.29, 1.82) is 0 Å². The second-order valence-corrected chi connectivity index (χ2v) is 7.91. The van der Waals surface area contributed by atoms with Crippen LogP contribution in [0.4, 0.5) is 0 Å². The molecule has 1 aliphatic rings. The van der Waals surface area contributed by atoms with Gasteiger partial charge in [-0.15, -0.1) is 0 Å². The number of ketones is 2. The topological polar surface area (TPSA) is 86.7 Å². The zero-order valence-electron chi connectivity index (χ0n) is 18.5. The van der Waals surface area contributed by atoms with Crippen molar-refractivity contribution < 1.29 is 29.0 Å². The molecular formula is C24H36O6. The van der Waals surface area contributed by atoms with Crippen LogP contribution in [0.1, 0.15) is 97.3 Å². The van der Waals surface area contributed by atoms with E-state index in [1.807, 2.05) is 0 Å². The fourth-order valence-electron chi connectivity index (χ4n) is 3.55. The highest BCUT2D eigenvalue weighted by Gasteiger charge is 2.31. The van der Waals surface area contributed by atoms with Gasteiger partial charge in [-0.05, 0) is 24.6 Å². The number of allylic oxidation sites excluding steroid dienone is 3. The maximum Gasteiger partial charge on any atom is 0.363 e. The SMILES string of the molecule is CCCCCCCCCCCCCCC(C(=O)OOC(C)=O)C1=CC(=O)C=CC1=O. The molecule has 0 heterocycles. The van der Waals surface area contributed by atoms with Crippen molar-refractivity contribution in [2.75, 3.05) is 0 Å². The fraction of sp³-hybridized carbons (Fsp3) is 0.667. The van der Waals surface area contributed by atoms with Crippen LogP contribution in [0.15, 0.2) is 23.8 Å². The highest BCUT2D eigenvalue weighted by molar-refractivity contribution is 6.18. The highest BCUT2D eigenvalue weighted by atomic mass is 17.2. The van der Waals surface area contributed by atoms with Crippen molar-refractivity contribution in [3.05, 3.63) is 23.8 Å². The molecule has 1 unspecified atom stereocenters. The Labute approximate surface area is 180 Å². The van der Waals surface area contributed by atoms with E-state index in [0.717, 1.165) is 38.7 Å². The molecular weight excluding hydrogens is 384 g/mol. The molecule has 1 atom stereocenters. The van der Waals surface area contributed by atoms with E-state index in [2.05, 4.69) is 16.7 Å². The van der Waals surface area contributed by atoms with Gasteiger partial charge < -0.3 is 0 Å². The molecule has 0 aromatic heterocycles. The van der Waals surface area contributed by atoms with E-state index >= 15 is 0 Å². The number of unbranched alkanes of at least 4 members (excludes halogenated alkanes) is 11. The third-order valence-corrected chi connectivity index (χ3v) is 5.23. The van der Waals surface area contributed by atoms with E-state index in [0.29, 0.717) is 6.42 Å². The lowest BCUT2D eigenvalue weighted by atomic mass is 9.87. The number of rotatable bonds is 15. The molecule has 0 radical (unpaired) electrons. The zero-order chi connectivity index (χ0) is 22.2. The summed E-state index contributed by atoms with van der Waals surface area (Å²) in [7, 11) is 0. The smallest absolute Gasteiger partial charge is 0.290 e. The van der Waals surface area contributed by atoms with Gasteiger partial charge in [0, 0.05) is 12.5 Å². The lowest BCUT2D eigenvalue weighted by molar-refractivity contribution is -0.259. The molecule has 0 bridgehead atoms. The average Bonchev–Trinajstić information content (AvgIpc) is 2.72. The first kappa shape index (κ1) is 25.8. The van der Waals surface area contributed by atoms with E-state index in [1.165, 1.54) is 63.5 Å². The first-order valence-electron chi connectivity index (χ1n) is 11.3. The number of hydrogen-bond acceptors (Lipinski definition) is 6. The van der Waals surface area contributed by atoms with Crippen LogP contribution in [0.3, 0.4) is 0 Å². The molecule has 0 saturated carbocycles. The lowest BCUT2D eigenvalue weighted by Gasteiger charge is -2.17. The average molecular weight is 421 g/mol. The molecule has 0 N–H and O–H groups in total. The molecule has 0 aromatic rings. The van der Waals surface area contributed by atoms with Gasteiger partial charge in [0.15, 0.2) is 11.6 Å². The van der Waals surface area contributed by atoms with E-state index in [4.69, 9.17) is 0 Å². The van der Waals surface area contributed by atoms with Crippen LogP contribution in [0.5, 0.6) is 0 Å². The molecule has 0 saturated heterocycles. The maximum atomic E-state index is 12.3. The summed E-state index contributed by atoms with van der Waals surface area (Å²) in [5.74, 6) is -3.22. The van der Waals surface area contributed by atoms with Gasteiger partial charge in [0.25, 0.3) is 0 Å². The molecule has 168 valence electrons. The fourth-order valence-corrected chi connectivity index (χ4v) is 3.55. The summed E-state index contributed by atoms with van der Waals surface area (Å²) in [6.45, 7) is 3.34. The molecule has 6 nitrogen and oxygen atoms in total. The van der Waals surface area contributed by atoms with E-state index in [9.17, 15) is 19.2 Å². The van der Waals surface area contributed by atoms with Gasteiger partial charge >= 0.3 is 11.9 Å². The van der Waals surface area contributed by atoms with Gasteiger partial charge in [-0.3, -0.25) is 9.59 Å². The normalized spacial score (nSPS) is 14.4. The van der Waals surface area contributed by atoms with Crippen LogP contribution < -0.4 is 0 Å². The maximum absolute atomic E-state index is 12.3. The summed E-state index contributed by atoms with van der Waals surface area (Å²) in [5.41, 5.74) is 0.0997. The Bertz CT molecular complexity index is 632. The second kappa shape index (κ2) is 15.6. The van der Waals surface area contributed by atoms with Gasteiger partial charge in [-0.2, -0.15) is 0 Å². The Morgan fingerprint density at radius 2 is 1.33 bits per heavy atom. The quantitative estimate of drug-likeness (QED) is 0.154. The number of hydrogen-bond donors (Lipinski definition) is 0. The molecule has 6 heteroatoms. The summed E-state index contributed by atoms with van der Waals surface area (Å²) < 4.78 is 0. The van der Waals surface area contributed by atoms with Crippen LogP contribution in [0.2, 0.25) is 0 Å². The first-order valence-corrected chi connectivity index (χ1v) is 11.3. The van der Waals surface area contributed by atoms with Crippen LogP contribution in [-0.2, 0) is 29.0 Å². The minimum Gasteiger partial charge on any atom is -0.290 e. The molecule has 0 aromatic carbocycles. The van der Waals surface area contributed by atoms with Crippen LogP contribution >= 0.6 is 0 Å². The van der Waals surface area contributed by atoms with Crippen molar-refractivity contribution in [2.24, 2.45) is 5.92 Å². The molecule has 0 fully saturated rings. The number of carbonyl (C=O) groups excluding carboxylic acids is 4. The third kappa shape index (κ3) is 11.1. The standard InChI is InChI=1S/C24H36O6/c1-3-4-5-6-7-8-9-10-11-12-13-14-15-21(24(28)30-29-19(2)25)22-18-20(26)16-17-23(22)27/h16-18,21H,3-15H2,1-2H3. The molecule has 0 aliphatic heterocycles. The lowest BCUT2D eigenvalue weighted by Crippen LogP contribution is -2.26. The zero-order valence-corrected chi connectivity index (χ0v) is 18.5. The van der Waals surface area contributed by atoms with Gasteiger partial charge in [-0.25, -0.2) is 19.4 Å². The van der Waals surface area contributed by atoms with Crippen LogP contribution in [-0.4, -0.2) is 23.5 Å². The Hall–Kier alpha value is -2.24. The summed E-state index contributed by atoms with van der Waals surface area (Å²) in [6, 6.07) is 0. The Morgan fingerprint density at radius 1 is 0.800 bits per heavy atom. The van der Waals surface area contributed by atoms with Crippen molar-refractivity contribution in [2.45, 2.75) is 97.3 Å². The first-order chi connectivity index (χ1) is 14.5. The molecule has 1 rings (SSSR count). The molecule has 0 amide bonds. The number of carbonyl (C=O) groups is 4. The minimum atomic E-state index is -0.908. The monoisotopic (exact) mass is 420 g/mol. The minimum absolute atomic E-state index is 0.0997.